The highest BCUT2D eigenvalue weighted by atomic mass is 15.1. The van der Waals surface area contributed by atoms with Crippen LogP contribution in [0, 0.1) is 20.8 Å². The van der Waals surface area contributed by atoms with Crippen molar-refractivity contribution in [2.45, 2.75) is 52.0 Å². The Labute approximate surface area is 118 Å². The second kappa shape index (κ2) is 5.64. The maximum absolute atomic E-state index is 6.59. The fourth-order valence-electron chi connectivity index (χ4n) is 3.58. The van der Waals surface area contributed by atoms with Crippen molar-refractivity contribution in [1.82, 2.24) is 4.90 Å². The minimum atomic E-state index is 0.0107. The minimum Gasteiger partial charge on any atom is -0.324 e. The van der Waals surface area contributed by atoms with E-state index < -0.39 is 0 Å². The van der Waals surface area contributed by atoms with Crippen molar-refractivity contribution in [3.05, 3.63) is 34.4 Å². The molecule has 0 radical (unpaired) electrons. The van der Waals surface area contributed by atoms with E-state index in [1.54, 1.807) is 0 Å². The van der Waals surface area contributed by atoms with Gasteiger partial charge in [0.2, 0.25) is 0 Å². The van der Waals surface area contributed by atoms with Crippen molar-refractivity contribution in [1.29, 1.82) is 0 Å². The van der Waals surface area contributed by atoms with Crippen molar-refractivity contribution in [3.8, 4) is 0 Å². The predicted molar refractivity (Wildman–Crippen MR) is 82.6 cm³/mol. The summed E-state index contributed by atoms with van der Waals surface area (Å²) >= 11 is 0. The lowest BCUT2D eigenvalue weighted by atomic mass is 9.83. The summed E-state index contributed by atoms with van der Waals surface area (Å²) in [5, 5.41) is 0. The Morgan fingerprint density at radius 3 is 2.42 bits per heavy atom. The summed E-state index contributed by atoms with van der Waals surface area (Å²) < 4.78 is 0. The van der Waals surface area contributed by atoms with Gasteiger partial charge in [0.25, 0.3) is 0 Å². The highest BCUT2D eigenvalue weighted by molar-refractivity contribution is 5.37. The van der Waals surface area contributed by atoms with Gasteiger partial charge >= 0.3 is 0 Å². The molecule has 1 aliphatic heterocycles. The van der Waals surface area contributed by atoms with Gasteiger partial charge in [-0.15, -0.1) is 0 Å². The van der Waals surface area contributed by atoms with E-state index in [9.17, 15) is 0 Å². The molecule has 0 bridgehead atoms. The largest absolute Gasteiger partial charge is 0.324 e. The minimum absolute atomic E-state index is 0.0107. The zero-order valence-electron chi connectivity index (χ0n) is 12.9. The van der Waals surface area contributed by atoms with Gasteiger partial charge in [0.05, 0.1) is 0 Å². The number of hydrogen-bond donors (Lipinski definition) is 1. The van der Waals surface area contributed by atoms with E-state index in [2.05, 4.69) is 44.9 Å². The molecule has 2 rings (SSSR count). The van der Waals surface area contributed by atoms with E-state index in [0.717, 1.165) is 19.4 Å². The molecule has 106 valence electrons. The number of benzene rings is 1. The molecular formula is C17H28N2. The van der Waals surface area contributed by atoms with Gasteiger partial charge in [-0.3, -0.25) is 0 Å². The summed E-state index contributed by atoms with van der Waals surface area (Å²) in [6.45, 7) is 8.86. The number of likely N-dealkylation sites (N-methyl/N-ethyl adjacent to an activating group) is 1. The lowest BCUT2D eigenvalue weighted by Crippen LogP contribution is -2.53. The third-order valence-electron chi connectivity index (χ3n) is 4.51. The van der Waals surface area contributed by atoms with Crippen LogP contribution in [0.25, 0.3) is 0 Å². The zero-order chi connectivity index (χ0) is 14.0. The molecule has 1 saturated heterocycles. The van der Waals surface area contributed by atoms with E-state index >= 15 is 0 Å². The van der Waals surface area contributed by atoms with E-state index in [0.29, 0.717) is 0 Å². The van der Waals surface area contributed by atoms with Crippen LogP contribution >= 0.6 is 0 Å². The van der Waals surface area contributed by atoms with Crippen LogP contribution in [0.15, 0.2) is 12.1 Å². The van der Waals surface area contributed by atoms with Crippen LogP contribution in [0.1, 0.15) is 41.5 Å². The molecule has 1 atom stereocenters. The molecule has 0 spiro atoms. The molecule has 1 unspecified atom stereocenters. The number of aryl methyl sites for hydroxylation is 3. The first-order chi connectivity index (χ1) is 8.89. The number of nitrogens with zero attached hydrogens (tertiary/aromatic N) is 1. The summed E-state index contributed by atoms with van der Waals surface area (Å²) in [5.41, 5.74) is 12.3. The van der Waals surface area contributed by atoms with Gasteiger partial charge in [0.1, 0.15) is 0 Å². The zero-order valence-corrected chi connectivity index (χ0v) is 12.9. The molecule has 0 saturated carbocycles. The van der Waals surface area contributed by atoms with Crippen molar-refractivity contribution < 1.29 is 0 Å². The molecule has 2 N–H and O–H groups in total. The van der Waals surface area contributed by atoms with E-state index in [-0.39, 0.29) is 5.54 Å². The van der Waals surface area contributed by atoms with Crippen LogP contribution in [-0.4, -0.2) is 30.6 Å². The van der Waals surface area contributed by atoms with Crippen molar-refractivity contribution in [3.63, 3.8) is 0 Å². The Kier molecular flexibility index (Phi) is 4.32. The fourth-order valence-corrected chi connectivity index (χ4v) is 3.58. The van der Waals surface area contributed by atoms with E-state index in [1.807, 2.05) is 0 Å². The average Bonchev–Trinajstić information content (AvgIpc) is 2.26. The number of piperidine rings is 1. The Hall–Kier alpha value is -0.860. The van der Waals surface area contributed by atoms with Gasteiger partial charge in [0.15, 0.2) is 0 Å². The van der Waals surface area contributed by atoms with Gasteiger partial charge < -0.3 is 10.6 Å². The highest BCUT2D eigenvalue weighted by Gasteiger charge is 2.29. The Balaban J connectivity index is 2.06. The number of likely N-dealkylation sites (tertiary alicyclic amines) is 1. The quantitative estimate of drug-likeness (QED) is 0.905. The topological polar surface area (TPSA) is 29.3 Å². The molecule has 1 aliphatic rings. The Bertz CT molecular complexity index is 430. The summed E-state index contributed by atoms with van der Waals surface area (Å²) in [4.78, 5) is 2.37. The first-order valence-corrected chi connectivity index (χ1v) is 7.44. The van der Waals surface area contributed by atoms with Crippen LogP contribution in [0.3, 0.4) is 0 Å². The molecule has 1 fully saturated rings. The van der Waals surface area contributed by atoms with Crippen LogP contribution in [0.5, 0.6) is 0 Å². The smallest absolute Gasteiger partial charge is 0.0286 e. The molecule has 2 nitrogen and oxygen atoms in total. The second-order valence-electron chi connectivity index (χ2n) is 6.58. The first-order valence-electron chi connectivity index (χ1n) is 7.44. The highest BCUT2D eigenvalue weighted by Crippen LogP contribution is 2.25. The molecule has 1 aromatic rings. The van der Waals surface area contributed by atoms with Crippen LogP contribution in [-0.2, 0) is 6.42 Å². The molecule has 2 heteroatoms. The third-order valence-corrected chi connectivity index (χ3v) is 4.51. The number of nitrogens with two attached hydrogens (primary N) is 1. The van der Waals surface area contributed by atoms with Crippen LogP contribution < -0.4 is 5.73 Å². The number of hydrogen-bond acceptors (Lipinski definition) is 2. The maximum Gasteiger partial charge on any atom is 0.0286 e. The fraction of sp³-hybridized carbons (Fsp3) is 0.647. The predicted octanol–water partition coefficient (Wildman–Crippen LogP) is 2.97. The van der Waals surface area contributed by atoms with Crippen molar-refractivity contribution >= 4 is 0 Å². The molecule has 1 aromatic carbocycles. The van der Waals surface area contributed by atoms with Gasteiger partial charge in [0, 0.05) is 12.1 Å². The monoisotopic (exact) mass is 260 g/mol. The third kappa shape index (κ3) is 3.58. The van der Waals surface area contributed by atoms with Crippen molar-refractivity contribution in [2.75, 3.05) is 20.1 Å². The van der Waals surface area contributed by atoms with Crippen molar-refractivity contribution in [2.24, 2.45) is 5.73 Å². The van der Waals surface area contributed by atoms with E-state index in [1.165, 1.54) is 41.6 Å². The lowest BCUT2D eigenvalue weighted by Gasteiger charge is -2.39. The van der Waals surface area contributed by atoms with Gasteiger partial charge in [-0.1, -0.05) is 17.7 Å². The standard InChI is InChI=1S/C17H28N2/c1-13-10-14(2)16(15(3)11-13)6-8-17(18)7-5-9-19(4)12-17/h10-11H,5-9,12,18H2,1-4H3. The molecular weight excluding hydrogens is 232 g/mol. The summed E-state index contributed by atoms with van der Waals surface area (Å²) in [5.74, 6) is 0. The van der Waals surface area contributed by atoms with Crippen LogP contribution in [0.4, 0.5) is 0 Å². The Morgan fingerprint density at radius 1 is 1.21 bits per heavy atom. The second-order valence-corrected chi connectivity index (χ2v) is 6.58. The van der Waals surface area contributed by atoms with Gasteiger partial charge in [-0.2, -0.15) is 0 Å². The lowest BCUT2D eigenvalue weighted by molar-refractivity contribution is 0.170. The van der Waals surface area contributed by atoms with Gasteiger partial charge in [-0.25, -0.2) is 0 Å². The molecule has 19 heavy (non-hydrogen) atoms. The summed E-state index contributed by atoms with van der Waals surface area (Å²) in [6.07, 6.45) is 4.62. The van der Waals surface area contributed by atoms with Gasteiger partial charge in [-0.05, 0) is 76.7 Å². The molecule has 0 aromatic heterocycles. The molecule has 0 aliphatic carbocycles. The molecule has 1 heterocycles. The number of rotatable bonds is 3. The summed E-state index contributed by atoms with van der Waals surface area (Å²) in [6, 6.07) is 4.58. The van der Waals surface area contributed by atoms with E-state index in [4.69, 9.17) is 5.73 Å². The van der Waals surface area contributed by atoms with Crippen LogP contribution in [0.2, 0.25) is 0 Å². The first kappa shape index (κ1) is 14.5. The Morgan fingerprint density at radius 2 is 1.84 bits per heavy atom. The molecule has 0 amide bonds. The normalized spacial score (nSPS) is 24.7. The maximum atomic E-state index is 6.59. The SMILES string of the molecule is Cc1cc(C)c(CCC2(N)CCCN(C)C2)c(C)c1. The summed E-state index contributed by atoms with van der Waals surface area (Å²) in [7, 11) is 2.18. The average molecular weight is 260 g/mol.